The van der Waals surface area contributed by atoms with Crippen LogP contribution in [-0.4, -0.2) is 70.1 Å². The zero-order valence-corrected chi connectivity index (χ0v) is 27.7. The smallest absolute Gasteiger partial charge is 0.408 e. The van der Waals surface area contributed by atoms with Crippen LogP contribution in [0.4, 0.5) is 22.4 Å². The fourth-order valence-electron chi connectivity index (χ4n) is 7.88. The molecule has 1 aromatic carbocycles. The van der Waals surface area contributed by atoms with E-state index in [1.54, 1.807) is 27.7 Å². The second-order valence-corrected chi connectivity index (χ2v) is 14.9. The Morgan fingerprint density at radius 1 is 1.06 bits per heavy atom. The van der Waals surface area contributed by atoms with Gasteiger partial charge in [0.25, 0.3) is 5.92 Å². The van der Waals surface area contributed by atoms with Crippen LogP contribution in [0.25, 0.3) is 11.0 Å². The number of rotatable bonds is 3. The van der Waals surface area contributed by atoms with Crippen molar-refractivity contribution in [2.75, 3.05) is 6.54 Å². The van der Waals surface area contributed by atoms with Crippen LogP contribution in [0.1, 0.15) is 78.8 Å². The number of aromatic nitrogens is 2. The number of halogens is 4. The normalized spacial score (nSPS) is 32.2. The minimum absolute atomic E-state index is 0.00619. The number of alkyl carbamates (subject to hydrolysis) is 1. The average molecular weight is 679 g/mol. The molecule has 6 rings (SSSR count). The molecule has 2 bridgehead atoms. The number of hydrogen-bond acceptors (Lipinski definition) is 8. The lowest BCUT2D eigenvalue weighted by Gasteiger charge is -2.35. The van der Waals surface area contributed by atoms with E-state index in [0.29, 0.717) is 31.1 Å². The molecular formula is C34H42F4N4O6. The third kappa shape index (κ3) is 6.76. The molecule has 8 atom stereocenters. The van der Waals surface area contributed by atoms with E-state index in [1.807, 2.05) is 0 Å². The molecule has 0 spiro atoms. The third-order valence-electron chi connectivity index (χ3n) is 10.4. The summed E-state index contributed by atoms with van der Waals surface area (Å²) in [7, 11) is 0. The van der Waals surface area contributed by atoms with Crippen LogP contribution >= 0.6 is 0 Å². The van der Waals surface area contributed by atoms with E-state index in [-0.39, 0.29) is 47.6 Å². The zero-order chi connectivity index (χ0) is 34.7. The minimum atomic E-state index is -3.48. The maximum atomic E-state index is 16.1. The fourth-order valence-corrected chi connectivity index (χ4v) is 7.88. The highest BCUT2D eigenvalue weighted by Gasteiger charge is 2.55. The minimum Gasteiger partial charge on any atom is -0.471 e. The molecule has 4 aliphatic rings. The number of carbonyl (C=O) groups excluding carboxylic acids is 3. The number of hydrogen-bond donors (Lipinski definition) is 1. The number of ether oxygens (including phenoxy) is 3. The number of benzene rings is 1. The zero-order valence-electron chi connectivity index (χ0n) is 27.7. The summed E-state index contributed by atoms with van der Waals surface area (Å²) in [5.74, 6) is -4.94. The van der Waals surface area contributed by atoms with Crippen molar-refractivity contribution < 1.29 is 46.2 Å². The number of alkyl halides is 4. The summed E-state index contributed by atoms with van der Waals surface area (Å²) < 4.78 is 74.6. The van der Waals surface area contributed by atoms with Crippen molar-refractivity contribution in [3.63, 3.8) is 0 Å². The molecule has 1 saturated heterocycles. The third-order valence-corrected chi connectivity index (χ3v) is 10.4. The van der Waals surface area contributed by atoms with Crippen LogP contribution in [0, 0.1) is 29.1 Å². The lowest BCUT2D eigenvalue weighted by Crippen LogP contribution is -2.57. The summed E-state index contributed by atoms with van der Waals surface area (Å²) in [6.45, 7) is 5.09. The first-order chi connectivity index (χ1) is 22.5. The Bertz CT molecular complexity index is 1580. The van der Waals surface area contributed by atoms with Gasteiger partial charge >= 0.3 is 12.7 Å². The molecule has 2 aliphatic heterocycles. The van der Waals surface area contributed by atoms with E-state index in [9.17, 15) is 23.2 Å². The highest BCUT2D eigenvalue weighted by Crippen LogP contribution is 2.58. The van der Waals surface area contributed by atoms with Gasteiger partial charge in [-0.2, -0.15) is 17.6 Å². The van der Waals surface area contributed by atoms with E-state index in [2.05, 4.69) is 20.0 Å². The molecule has 0 radical (unpaired) electrons. The van der Waals surface area contributed by atoms with Crippen molar-refractivity contribution in [2.24, 2.45) is 29.1 Å². The van der Waals surface area contributed by atoms with Gasteiger partial charge in [0, 0.05) is 18.4 Å². The van der Waals surface area contributed by atoms with Crippen molar-refractivity contribution in [3.05, 3.63) is 23.9 Å². The molecule has 10 nitrogen and oxygen atoms in total. The molecule has 3 heterocycles. The Morgan fingerprint density at radius 2 is 1.81 bits per heavy atom. The molecule has 2 aromatic rings. The lowest BCUT2D eigenvalue weighted by atomic mass is 9.85. The lowest BCUT2D eigenvalue weighted by molar-refractivity contribution is -0.141. The second-order valence-electron chi connectivity index (χ2n) is 14.9. The first kappa shape index (κ1) is 34.2. The maximum absolute atomic E-state index is 16.1. The summed E-state index contributed by atoms with van der Waals surface area (Å²) in [5.41, 5.74) is -1.46. The van der Waals surface area contributed by atoms with E-state index in [0.717, 1.165) is 12.5 Å². The van der Waals surface area contributed by atoms with E-state index in [4.69, 9.17) is 9.47 Å². The second kappa shape index (κ2) is 12.6. The monoisotopic (exact) mass is 678 g/mol. The van der Waals surface area contributed by atoms with Crippen LogP contribution in [0.3, 0.4) is 0 Å². The van der Waals surface area contributed by atoms with Gasteiger partial charge in [0.15, 0.2) is 11.5 Å². The quantitative estimate of drug-likeness (QED) is 0.379. The predicted octanol–water partition coefficient (Wildman–Crippen LogP) is 6.25. The molecule has 3 fully saturated rings. The number of nitrogens with zero attached hydrogens (tertiary/aromatic N) is 3. The molecular weight excluding hydrogens is 636 g/mol. The number of carbonyl (C=O) groups is 3. The van der Waals surface area contributed by atoms with Crippen molar-refractivity contribution in [1.29, 1.82) is 0 Å². The number of fused-ring (bicyclic) bond motifs is 7. The van der Waals surface area contributed by atoms with Crippen molar-refractivity contribution >= 4 is 28.8 Å². The number of ketones is 1. The summed E-state index contributed by atoms with van der Waals surface area (Å²) >= 11 is 0. The molecule has 2 aliphatic carbocycles. The summed E-state index contributed by atoms with van der Waals surface area (Å²) in [4.78, 5) is 50.4. The van der Waals surface area contributed by atoms with Crippen LogP contribution < -0.4 is 14.8 Å². The molecule has 262 valence electrons. The average Bonchev–Trinajstić information content (AvgIpc) is 3.55. The van der Waals surface area contributed by atoms with Gasteiger partial charge in [-0.15, -0.1) is 0 Å². The molecule has 2 amide bonds. The first-order valence-electron chi connectivity index (χ1n) is 16.6. The molecule has 2 saturated carbocycles. The van der Waals surface area contributed by atoms with Gasteiger partial charge < -0.3 is 24.4 Å². The Balaban J connectivity index is 1.41. The molecule has 1 aromatic heterocycles. The van der Waals surface area contributed by atoms with E-state index >= 15 is 8.78 Å². The van der Waals surface area contributed by atoms with Gasteiger partial charge in [-0.1, -0.05) is 34.1 Å². The van der Waals surface area contributed by atoms with E-state index in [1.165, 1.54) is 24.0 Å². The molecule has 48 heavy (non-hydrogen) atoms. The van der Waals surface area contributed by atoms with Gasteiger partial charge in [0.2, 0.25) is 11.8 Å². The summed E-state index contributed by atoms with van der Waals surface area (Å²) in [6, 6.07) is 1.59. The summed E-state index contributed by atoms with van der Waals surface area (Å²) in [5, 5.41) is 2.78. The Kier molecular flexibility index (Phi) is 8.99. The highest BCUT2D eigenvalue weighted by atomic mass is 19.3. The number of amides is 2. The van der Waals surface area contributed by atoms with Gasteiger partial charge in [-0.3, -0.25) is 9.59 Å². The van der Waals surface area contributed by atoms with Crippen molar-refractivity contribution in [3.8, 4) is 11.6 Å². The predicted molar refractivity (Wildman–Crippen MR) is 165 cm³/mol. The van der Waals surface area contributed by atoms with Crippen molar-refractivity contribution in [1.82, 2.24) is 20.2 Å². The fraction of sp³-hybridized carbons (Fsp3) is 0.676. The SMILES string of the molecule is CC(=O)[C@@H]1[C@H](C)[C@@H]2CN1C(=O)[C@H](C(C)(C)C)NC(=O)O[C@@H]1CC3CC3[C@H]1CCCCC(F)(F)c1nc3ccc(OC(F)F)cc3nc1O2. The van der Waals surface area contributed by atoms with Crippen molar-refractivity contribution in [2.45, 2.75) is 110 Å². The first-order valence-corrected chi connectivity index (χ1v) is 16.6. The topological polar surface area (TPSA) is 120 Å². The number of nitrogens with one attached hydrogen (secondary N) is 1. The van der Waals surface area contributed by atoms with Gasteiger partial charge in [0.05, 0.1) is 23.6 Å². The van der Waals surface area contributed by atoms with E-state index < -0.39 is 72.0 Å². The van der Waals surface area contributed by atoms with Crippen LogP contribution in [0.5, 0.6) is 11.6 Å². The number of Topliss-reactive ketones (excluding diaryl/α,β-unsaturated/α-hetero) is 1. The molecule has 2 unspecified atom stereocenters. The van der Waals surface area contributed by atoms with Gasteiger partial charge in [-0.25, -0.2) is 14.8 Å². The van der Waals surface area contributed by atoms with Gasteiger partial charge in [0.1, 0.15) is 24.0 Å². The highest BCUT2D eigenvalue weighted by molar-refractivity contribution is 5.92. The Labute approximate surface area is 276 Å². The standard InChI is InChI=1S/C34H42F4N4O6/c1-16-25-15-42(26(16)17(2)43)30(44)28(33(3,4)5)41-32(45)48-24-13-18-12-21(18)20(24)8-6-7-11-34(37,38)27-29(47-25)40-23-14-19(46-31(35)36)9-10-22(23)39-27/h9-10,14,16,18,20-21,24-26,28,31H,6-8,11-13,15H2,1-5H3,(H,41,45)/t16-,18?,20-,21?,24-,25+,26+,28-/m1/s1. The largest absolute Gasteiger partial charge is 0.471 e. The van der Waals surface area contributed by atoms with Crippen LogP contribution in [0.2, 0.25) is 0 Å². The molecule has 1 N–H and O–H groups in total. The Hall–Kier alpha value is -3.71. The molecule has 14 heteroatoms. The maximum Gasteiger partial charge on any atom is 0.408 e. The van der Waals surface area contributed by atoms with Crippen LogP contribution in [-0.2, 0) is 20.2 Å². The summed E-state index contributed by atoms with van der Waals surface area (Å²) in [6.07, 6.45) is 0.304. The van der Waals surface area contributed by atoms with Crippen LogP contribution in [0.15, 0.2) is 18.2 Å². The van der Waals surface area contributed by atoms with Gasteiger partial charge in [-0.05, 0) is 67.9 Å². The Morgan fingerprint density at radius 3 is 2.50 bits per heavy atom.